The molecule has 80 valence electrons. The first kappa shape index (κ1) is 10.9. The number of H-pyrrole nitrogens is 1. The normalized spacial score (nSPS) is 10.8. The van der Waals surface area contributed by atoms with E-state index in [0.29, 0.717) is 6.07 Å². The highest BCUT2D eigenvalue weighted by atomic mass is 19.4. The number of alkyl halides is 3. The number of pyridine rings is 1. The summed E-state index contributed by atoms with van der Waals surface area (Å²) in [5.41, 5.74) is -1.58. The van der Waals surface area contributed by atoms with Gasteiger partial charge in [0.05, 0.1) is 0 Å². The molecule has 0 aliphatic rings. The number of aromatic hydroxyl groups is 1. The van der Waals surface area contributed by atoms with Gasteiger partial charge < -0.3 is 9.84 Å². The molecule has 0 bridgehead atoms. The molecule has 0 radical (unpaired) electrons. The minimum atomic E-state index is -5.06. The molecular formula is C7H3F3N2O3. The molecule has 8 heteroatoms. The van der Waals surface area contributed by atoms with Gasteiger partial charge in [0.2, 0.25) is 5.88 Å². The molecule has 15 heavy (non-hydrogen) atoms. The summed E-state index contributed by atoms with van der Waals surface area (Å²) in [4.78, 5) is 12.4. The number of aromatic amines is 1. The summed E-state index contributed by atoms with van der Waals surface area (Å²) in [5, 5.41) is 17.4. The standard InChI is InChI=1S/C7H3F3N2O3/c8-7(9,10)15-6-5(14)3(2-11)1-4(13)12-6/h1,14H,(H,12,13). The topological polar surface area (TPSA) is 86.1 Å². The monoisotopic (exact) mass is 220 g/mol. The zero-order valence-corrected chi connectivity index (χ0v) is 6.92. The van der Waals surface area contributed by atoms with Crippen molar-refractivity contribution in [1.82, 2.24) is 4.98 Å². The molecule has 0 unspecified atom stereocenters. The van der Waals surface area contributed by atoms with Gasteiger partial charge in [-0.2, -0.15) is 5.26 Å². The highest BCUT2D eigenvalue weighted by Crippen LogP contribution is 2.29. The van der Waals surface area contributed by atoms with E-state index in [-0.39, 0.29) is 0 Å². The number of nitriles is 1. The van der Waals surface area contributed by atoms with E-state index >= 15 is 0 Å². The smallest absolute Gasteiger partial charge is 0.502 e. The van der Waals surface area contributed by atoms with Crippen molar-refractivity contribution in [1.29, 1.82) is 5.26 Å². The second-order valence-electron chi connectivity index (χ2n) is 2.38. The molecule has 0 atom stereocenters. The van der Waals surface area contributed by atoms with Crippen molar-refractivity contribution in [2.45, 2.75) is 6.36 Å². The van der Waals surface area contributed by atoms with Crippen LogP contribution in [0.15, 0.2) is 10.9 Å². The van der Waals surface area contributed by atoms with Crippen molar-refractivity contribution < 1.29 is 23.0 Å². The fourth-order valence-corrected chi connectivity index (χ4v) is 0.804. The molecule has 0 amide bonds. The molecule has 0 fully saturated rings. The van der Waals surface area contributed by atoms with Crippen LogP contribution in [-0.2, 0) is 0 Å². The average molecular weight is 220 g/mol. The minimum Gasteiger partial charge on any atom is -0.502 e. The SMILES string of the molecule is N#Cc1cc(=O)[nH]c(OC(F)(F)F)c1O. The molecule has 0 aliphatic heterocycles. The van der Waals surface area contributed by atoms with Crippen LogP contribution >= 0.6 is 0 Å². The average Bonchev–Trinajstić information content (AvgIpc) is 2.08. The van der Waals surface area contributed by atoms with Crippen LogP contribution in [0.3, 0.4) is 0 Å². The first-order chi connectivity index (χ1) is 6.83. The van der Waals surface area contributed by atoms with Gasteiger partial charge in [-0.15, -0.1) is 13.2 Å². The lowest BCUT2D eigenvalue weighted by molar-refractivity contribution is -0.276. The van der Waals surface area contributed by atoms with Crippen LogP contribution in [0.1, 0.15) is 5.56 Å². The van der Waals surface area contributed by atoms with E-state index in [1.807, 2.05) is 0 Å². The Kier molecular flexibility index (Phi) is 2.57. The van der Waals surface area contributed by atoms with Gasteiger partial charge in [-0.3, -0.25) is 9.78 Å². The molecule has 0 spiro atoms. The molecule has 0 saturated heterocycles. The van der Waals surface area contributed by atoms with Crippen molar-refractivity contribution in [2.24, 2.45) is 0 Å². The maximum absolute atomic E-state index is 11.8. The molecule has 1 rings (SSSR count). The summed E-state index contributed by atoms with van der Waals surface area (Å²) in [7, 11) is 0. The van der Waals surface area contributed by atoms with Gasteiger partial charge in [0, 0.05) is 6.07 Å². The summed E-state index contributed by atoms with van der Waals surface area (Å²) in [5.74, 6) is -2.26. The third kappa shape index (κ3) is 2.63. The van der Waals surface area contributed by atoms with Gasteiger partial charge in [0.1, 0.15) is 11.6 Å². The summed E-state index contributed by atoms with van der Waals surface area (Å²) in [6.45, 7) is 0. The Morgan fingerprint density at radius 2 is 2.13 bits per heavy atom. The minimum absolute atomic E-state index is 0.599. The summed E-state index contributed by atoms with van der Waals surface area (Å²) in [6, 6.07) is 2.00. The molecule has 1 aromatic rings. The Hall–Kier alpha value is -2.17. The zero-order chi connectivity index (χ0) is 11.6. The number of ether oxygens (including phenoxy) is 1. The lowest BCUT2D eigenvalue weighted by Crippen LogP contribution is -2.20. The van der Waals surface area contributed by atoms with Gasteiger partial charge in [0.25, 0.3) is 5.56 Å². The van der Waals surface area contributed by atoms with E-state index in [9.17, 15) is 18.0 Å². The predicted octanol–water partition coefficient (Wildman–Crippen LogP) is 0.851. The van der Waals surface area contributed by atoms with E-state index in [4.69, 9.17) is 10.4 Å². The number of aromatic nitrogens is 1. The van der Waals surface area contributed by atoms with Crippen molar-refractivity contribution in [2.75, 3.05) is 0 Å². The quantitative estimate of drug-likeness (QED) is 0.734. The predicted molar refractivity (Wildman–Crippen MR) is 40.1 cm³/mol. The molecule has 1 heterocycles. The van der Waals surface area contributed by atoms with Gasteiger partial charge in [-0.25, -0.2) is 0 Å². The van der Waals surface area contributed by atoms with E-state index in [1.54, 1.807) is 4.98 Å². The van der Waals surface area contributed by atoms with Crippen LogP contribution in [0, 0.1) is 11.3 Å². The number of hydrogen-bond acceptors (Lipinski definition) is 4. The van der Waals surface area contributed by atoms with Gasteiger partial charge in [-0.1, -0.05) is 0 Å². The van der Waals surface area contributed by atoms with Crippen molar-refractivity contribution >= 4 is 0 Å². The first-order valence-corrected chi connectivity index (χ1v) is 3.45. The van der Waals surface area contributed by atoms with Crippen LogP contribution < -0.4 is 10.3 Å². The van der Waals surface area contributed by atoms with Gasteiger partial charge >= 0.3 is 6.36 Å². The fourth-order valence-electron chi connectivity index (χ4n) is 0.804. The third-order valence-electron chi connectivity index (χ3n) is 1.32. The third-order valence-corrected chi connectivity index (χ3v) is 1.32. The van der Waals surface area contributed by atoms with Crippen LogP contribution in [0.4, 0.5) is 13.2 Å². The number of rotatable bonds is 1. The van der Waals surface area contributed by atoms with Crippen molar-refractivity contribution in [3.63, 3.8) is 0 Å². The number of halogens is 3. The highest BCUT2D eigenvalue weighted by molar-refractivity contribution is 5.47. The molecule has 0 aromatic carbocycles. The molecule has 5 nitrogen and oxygen atoms in total. The molecular weight excluding hydrogens is 217 g/mol. The largest absolute Gasteiger partial charge is 0.574 e. The molecule has 0 aliphatic carbocycles. The Labute approximate surface area is 80.3 Å². The van der Waals surface area contributed by atoms with E-state index in [0.717, 1.165) is 0 Å². The number of nitrogens with zero attached hydrogens (tertiary/aromatic N) is 1. The van der Waals surface area contributed by atoms with Gasteiger partial charge in [0.15, 0.2) is 5.75 Å². The molecule has 0 saturated carbocycles. The van der Waals surface area contributed by atoms with E-state index in [1.165, 1.54) is 6.07 Å². The van der Waals surface area contributed by atoms with E-state index < -0.39 is 29.1 Å². The van der Waals surface area contributed by atoms with Gasteiger partial charge in [-0.05, 0) is 0 Å². The molecule has 1 aromatic heterocycles. The lowest BCUT2D eigenvalue weighted by atomic mass is 10.2. The first-order valence-electron chi connectivity index (χ1n) is 3.45. The maximum Gasteiger partial charge on any atom is 0.574 e. The fraction of sp³-hybridized carbons (Fsp3) is 0.143. The lowest BCUT2D eigenvalue weighted by Gasteiger charge is -2.09. The highest BCUT2D eigenvalue weighted by Gasteiger charge is 2.33. The second-order valence-corrected chi connectivity index (χ2v) is 2.38. The molecule has 2 N–H and O–H groups in total. The summed E-state index contributed by atoms with van der Waals surface area (Å²) >= 11 is 0. The van der Waals surface area contributed by atoms with Crippen LogP contribution in [0.2, 0.25) is 0 Å². The van der Waals surface area contributed by atoms with Crippen LogP contribution in [0.5, 0.6) is 11.6 Å². The number of nitrogens with one attached hydrogen (secondary N) is 1. The van der Waals surface area contributed by atoms with Crippen LogP contribution in [-0.4, -0.2) is 16.5 Å². The summed E-state index contributed by atoms with van der Waals surface area (Å²) < 4.78 is 38.6. The maximum atomic E-state index is 11.8. The van der Waals surface area contributed by atoms with Crippen LogP contribution in [0.25, 0.3) is 0 Å². The number of hydrogen-bond donors (Lipinski definition) is 2. The Morgan fingerprint density at radius 3 is 2.60 bits per heavy atom. The van der Waals surface area contributed by atoms with Crippen molar-refractivity contribution in [3.8, 4) is 17.7 Å². The zero-order valence-electron chi connectivity index (χ0n) is 6.92. The van der Waals surface area contributed by atoms with E-state index in [2.05, 4.69) is 4.74 Å². The Balaban J connectivity index is 3.26. The van der Waals surface area contributed by atoms with Crippen molar-refractivity contribution in [3.05, 3.63) is 22.0 Å². The second kappa shape index (κ2) is 3.53. The Bertz CT molecular complexity index is 472. The Morgan fingerprint density at radius 1 is 1.53 bits per heavy atom. The summed E-state index contributed by atoms with van der Waals surface area (Å²) in [6.07, 6.45) is -5.06.